The molecule has 6 heteroatoms. The summed E-state index contributed by atoms with van der Waals surface area (Å²) in [5.41, 5.74) is 0.491. The average Bonchev–Trinajstić information content (AvgIpc) is 2.68. The van der Waals surface area contributed by atoms with Crippen molar-refractivity contribution >= 4 is 16.7 Å². The molecule has 1 atom stereocenters. The number of nitrogens with zero attached hydrogens (tertiary/aromatic N) is 4. The Morgan fingerprint density at radius 3 is 2.21 bits per heavy atom. The molecule has 2 aromatic heterocycles. The van der Waals surface area contributed by atoms with Crippen LogP contribution in [-0.4, -0.2) is 46.3 Å². The number of nitrogens with one attached hydrogen (secondary N) is 1. The predicted octanol–water partition coefficient (Wildman–Crippen LogP) is 3.57. The molecule has 150 valence electrons. The summed E-state index contributed by atoms with van der Waals surface area (Å²) in [7, 11) is 5.68. The summed E-state index contributed by atoms with van der Waals surface area (Å²) in [6.07, 6.45) is 3.42. The van der Waals surface area contributed by atoms with Crippen molar-refractivity contribution in [1.82, 2.24) is 19.7 Å². The zero-order chi connectivity index (χ0) is 20.9. The first kappa shape index (κ1) is 23.0. The summed E-state index contributed by atoms with van der Waals surface area (Å²) >= 11 is 0. The Hall–Kier alpha value is -2.99. The van der Waals surface area contributed by atoms with Crippen molar-refractivity contribution in [2.75, 3.05) is 26.0 Å². The van der Waals surface area contributed by atoms with Crippen molar-refractivity contribution in [3.63, 3.8) is 0 Å². The Morgan fingerprint density at radius 1 is 1.18 bits per heavy atom. The molecule has 2 heterocycles. The number of rotatable bonds is 4. The fourth-order valence-electron chi connectivity index (χ4n) is 2.49. The molecule has 0 spiro atoms. The van der Waals surface area contributed by atoms with Crippen molar-refractivity contribution in [3.8, 4) is 0 Å². The van der Waals surface area contributed by atoms with E-state index in [9.17, 15) is 4.79 Å². The van der Waals surface area contributed by atoms with Crippen molar-refractivity contribution < 1.29 is 0 Å². The molecule has 1 aromatic carbocycles. The highest BCUT2D eigenvalue weighted by atomic mass is 16.1. The van der Waals surface area contributed by atoms with Gasteiger partial charge >= 0.3 is 0 Å². The van der Waals surface area contributed by atoms with Crippen molar-refractivity contribution in [3.05, 3.63) is 77.7 Å². The van der Waals surface area contributed by atoms with Crippen LogP contribution in [0.4, 0.5) is 5.82 Å². The molecule has 0 saturated heterocycles. The van der Waals surface area contributed by atoms with Gasteiger partial charge in [0.05, 0.1) is 5.39 Å². The number of likely N-dealkylation sites (N-methyl/N-ethyl adjacent to an activating group) is 1. The fraction of sp³-hybridized carbons (Fsp3) is 0.318. The Balaban J connectivity index is 0.000000360. The van der Waals surface area contributed by atoms with Crippen LogP contribution in [0.3, 0.4) is 0 Å². The lowest BCUT2D eigenvalue weighted by atomic mass is 10.2. The molecular weight excluding hydrogens is 350 g/mol. The molecule has 0 aliphatic rings. The van der Waals surface area contributed by atoms with Crippen LogP contribution in [0.15, 0.2) is 72.2 Å². The smallest absolute Gasteiger partial charge is 0.276 e. The van der Waals surface area contributed by atoms with E-state index in [1.54, 1.807) is 31.5 Å². The maximum absolute atomic E-state index is 12.0. The van der Waals surface area contributed by atoms with Gasteiger partial charge in [0.2, 0.25) is 0 Å². The fourth-order valence-corrected chi connectivity index (χ4v) is 2.49. The van der Waals surface area contributed by atoms with Crippen LogP contribution in [0.5, 0.6) is 0 Å². The maximum Gasteiger partial charge on any atom is 0.276 e. The van der Waals surface area contributed by atoms with E-state index in [0.717, 1.165) is 6.54 Å². The highest BCUT2D eigenvalue weighted by Gasteiger charge is 2.12. The second-order valence-corrected chi connectivity index (χ2v) is 6.55. The second-order valence-electron chi connectivity index (χ2n) is 6.55. The van der Waals surface area contributed by atoms with Gasteiger partial charge in [-0.3, -0.25) is 9.78 Å². The standard InChI is InChI=1S/C13H19N5O.C6H6.C3H6/c1-9(8-17(2)3)15-12-11-10(6-5-7-14-11)13(19)18(4)16-12;1-2-4-6-5-3-1;1-3-2/h5-7,9H,8H2,1-4H3,(H,15,16);1-6H;3H,1H2,2H3. The van der Waals surface area contributed by atoms with Gasteiger partial charge in [0.1, 0.15) is 5.52 Å². The van der Waals surface area contributed by atoms with Gasteiger partial charge in [0, 0.05) is 25.8 Å². The molecule has 6 nitrogen and oxygen atoms in total. The van der Waals surface area contributed by atoms with E-state index in [2.05, 4.69) is 33.8 Å². The minimum Gasteiger partial charge on any atom is -0.363 e. The first-order valence-electron chi connectivity index (χ1n) is 9.21. The van der Waals surface area contributed by atoms with E-state index in [-0.39, 0.29) is 11.6 Å². The summed E-state index contributed by atoms with van der Waals surface area (Å²) in [5, 5.41) is 8.15. The van der Waals surface area contributed by atoms with Crippen LogP contribution < -0.4 is 10.9 Å². The number of allylic oxidation sites excluding steroid dienone is 1. The Morgan fingerprint density at radius 2 is 1.71 bits per heavy atom. The van der Waals surface area contributed by atoms with Gasteiger partial charge in [-0.05, 0) is 40.1 Å². The van der Waals surface area contributed by atoms with E-state index in [0.29, 0.717) is 16.7 Å². The topological polar surface area (TPSA) is 63.1 Å². The molecule has 1 N–H and O–H groups in total. The molecule has 0 amide bonds. The molecule has 3 rings (SSSR count). The first-order chi connectivity index (χ1) is 13.4. The van der Waals surface area contributed by atoms with E-state index in [1.807, 2.05) is 57.4 Å². The number of hydrogen-bond acceptors (Lipinski definition) is 5. The number of benzene rings is 1. The molecular formula is C22H31N5O. The number of aryl methyl sites for hydroxylation is 1. The van der Waals surface area contributed by atoms with Crippen LogP contribution in [0, 0.1) is 0 Å². The zero-order valence-corrected chi connectivity index (χ0v) is 17.5. The van der Waals surface area contributed by atoms with E-state index in [1.165, 1.54) is 4.68 Å². The van der Waals surface area contributed by atoms with E-state index >= 15 is 0 Å². The number of fused-ring (bicyclic) bond motifs is 1. The number of anilines is 1. The lowest BCUT2D eigenvalue weighted by Crippen LogP contribution is -2.31. The van der Waals surface area contributed by atoms with Crippen LogP contribution >= 0.6 is 0 Å². The summed E-state index contributed by atoms with van der Waals surface area (Å²) in [6.45, 7) is 8.19. The SMILES string of the molecule is C=CC.CC(CN(C)C)Nc1nn(C)c(=O)c2cccnc12.c1ccccc1. The third kappa shape index (κ3) is 7.72. The first-order valence-corrected chi connectivity index (χ1v) is 9.21. The summed E-state index contributed by atoms with van der Waals surface area (Å²) in [4.78, 5) is 18.3. The molecule has 0 radical (unpaired) electrons. The highest BCUT2D eigenvalue weighted by Crippen LogP contribution is 2.15. The summed E-state index contributed by atoms with van der Waals surface area (Å²) in [6, 6.07) is 15.7. The van der Waals surface area contributed by atoms with Gasteiger partial charge in [0.15, 0.2) is 5.82 Å². The molecule has 0 aliphatic heterocycles. The van der Waals surface area contributed by atoms with Crippen LogP contribution in [0.1, 0.15) is 13.8 Å². The molecule has 0 fully saturated rings. The number of aromatic nitrogens is 3. The monoisotopic (exact) mass is 381 g/mol. The Labute approximate surface area is 167 Å². The van der Waals surface area contributed by atoms with Gasteiger partial charge < -0.3 is 10.2 Å². The number of hydrogen-bond donors (Lipinski definition) is 1. The summed E-state index contributed by atoms with van der Waals surface area (Å²) < 4.78 is 1.34. The lowest BCUT2D eigenvalue weighted by Gasteiger charge is -2.19. The predicted molar refractivity (Wildman–Crippen MR) is 119 cm³/mol. The Bertz CT molecular complexity index is 864. The zero-order valence-electron chi connectivity index (χ0n) is 17.5. The molecule has 0 saturated carbocycles. The normalized spacial score (nSPS) is 10.9. The minimum absolute atomic E-state index is 0.131. The van der Waals surface area contributed by atoms with Crippen LogP contribution in [0.25, 0.3) is 10.9 Å². The van der Waals surface area contributed by atoms with E-state index < -0.39 is 0 Å². The van der Waals surface area contributed by atoms with E-state index in [4.69, 9.17) is 0 Å². The molecule has 1 unspecified atom stereocenters. The van der Waals surface area contributed by atoms with Crippen molar-refractivity contribution in [1.29, 1.82) is 0 Å². The summed E-state index contributed by atoms with van der Waals surface area (Å²) in [5.74, 6) is 0.645. The Kier molecular flexibility index (Phi) is 10.2. The van der Waals surface area contributed by atoms with Crippen LogP contribution in [-0.2, 0) is 7.05 Å². The third-order valence-electron chi connectivity index (χ3n) is 3.50. The molecule has 3 aromatic rings. The minimum atomic E-state index is -0.131. The van der Waals surface area contributed by atoms with Crippen molar-refractivity contribution in [2.45, 2.75) is 19.9 Å². The van der Waals surface area contributed by atoms with Crippen LogP contribution in [0.2, 0.25) is 0 Å². The van der Waals surface area contributed by atoms with Gasteiger partial charge in [-0.1, -0.05) is 42.5 Å². The maximum atomic E-state index is 12.0. The molecule has 0 bridgehead atoms. The molecule has 0 aliphatic carbocycles. The quantitative estimate of drug-likeness (QED) is 0.700. The lowest BCUT2D eigenvalue weighted by molar-refractivity contribution is 0.391. The van der Waals surface area contributed by atoms with Gasteiger partial charge in [-0.2, -0.15) is 5.10 Å². The highest BCUT2D eigenvalue weighted by molar-refractivity contribution is 5.86. The molecule has 28 heavy (non-hydrogen) atoms. The number of pyridine rings is 1. The average molecular weight is 382 g/mol. The largest absolute Gasteiger partial charge is 0.363 e. The van der Waals surface area contributed by atoms with Crippen molar-refractivity contribution in [2.24, 2.45) is 7.05 Å². The van der Waals surface area contributed by atoms with Gasteiger partial charge in [0.25, 0.3) is 5.56 Å². The third-order valence-corrected chi connectivity index (χ3v) is 3.50. The van der Waals surface area contributed by atoms with Gasteiger partial charge in [-0.25, -0.2) is 4.68 Å². The van der Waals surface area contributed by atoms with Gasteiger partial charge in [-0.15, -0.1) is 6.58 Å². The second kappa shape index (κ2) is 12.4.